The average molecular weight is 404 g/mol. The molecule has 1 heterocycles. The van der Waals surface area contributed by atoms with Gasteiger partial charge in [0.2, 0.25) is 0 Å². The Balaban J connectivity index is 1.67. The van der Waals surface area contributed by atoms with Gasteiger partial charge in [0.1, 0.15) is 23.8 Å². The lowest BCUT2D eigenvalue weighted by atomic mass is 10.2. The van der Waals surface area contributed by atoms with Crippen molar-refractivity contribution < 1.29 is 18.7 Å². The van der Waals surface area contributed by atoms with Crippen LogP contribution in [-0.2, 0) is 4.79 Å². The molecule has 2 N–H and O–H groups in total. The summed E-state index contributed by atoms with van der Waals surface area (Å²) in [5.41, 5.74) is 1.55. The molecule has 0 radical (unpaired) electrons. The topological polar surface area (TPSA) is 80.6 Å². The number of para-hydroxylation sites is 1. The molecule has 0 fully saturated rings. The van der Waals surface area contributed by atoms with Crippen LogP contribution in [0, 0.1) is 6.92 Å². The van der Waals surface area contributed by atoms with Crippen molar-refractivity contribution in [3.8, 4) is 5.75 Å². The van der Waals surface area contributed by atoms with Crippen LogP contribution < -0.4 is 15.4 Å². The summed E-state index contributed by atoms with van der Waals surface area (Å²) in [6.07, 6.45) is 2.99. The van der Waals surface area contributed by atoms with Gasteiger partial charge in [0.15, 0.2) is 0 Å². The molecule has 0 bridgehead atoms. The Morgan fingerprint density at radius 3 is 2.47 bits per heavy atom. The molecule has 0 unspecified atom stereocenters. The molecule has 30 heavy (non-hydrogen) atoms. The third kappa shape index (κ3) is 5.85. The number of carbonyl (C=O) groups is 2. The van der Waals surface area contributed by atoms with Crippen molar-refractivity contribution in [1.29, 1.82) is 0 Å². The van der Waals surface area contributed by atoms with Gasteiger partial charge in [-0.05, 0) is 49.7 Å². The standard InChI is InChI=1S/C24H24N2O4/c1-17-9-6-7-13-22(17)30-16-18(2)25-24(28)21(15-20-12-8-14-29-20)26-23(27)19-10-4-3-5-11-19/h3-15,18H,16H2,1-2H3,(H,25,28)(H,26,27)/b21-15-/t18-/m1/s1. The fraction of sp³-hybridized carbons (Fsp3) is 0.167. The first-order valence-electron chi connectivity index (χ1n) is 9.64. The fourth-order valence-corrected chi connectivity index (χ4v) is 2.73. The zero-order valence-electron chi connectivity index (χ0n) is 16.9. The number of rotatable bonds is 8. The van der Waals surface area contributed by atoms with Gasteiger partial charge in [0.05, 0.1) is 12.3 Å². The summed E-state index contributed by atoms with van der Waals surface area (Å²) in [4.78, 5) is 25.4. The summed E-state index contributed by atoms with van der Waals surface area (Å²) in [5, 5.41) is 5.52. The van der Waals surface area contributed by atoms with Crippen LogP contribution in [-0.4, -0.2) is 24.5 Å². The van der Waals surface area contributed by atoms with Gasteiger partial charge in [-0.15, -0.1) is 0 Å². The van der Waals surface area contributed by atoms with Crippen molar-refractivity contribution in [2.75, 3.05) is 6.61 Å². The van der Waals surface area contributed by atoms with Gasteiger partial charge >= 0.3 is 0 Å². The van der Waals surface area contributed by atoms with Crippen LogP contribution in [0.5, 0.6) is 5.75 Å². The Labute approximate surface area is 175 Å². The number of aryl methyl sites for hydroxylation is 1. The molecule has 3 aromatic rings. The number of carbonyl (C=O) groups excluding carboxylic acids is 2. The van der Waals surface area contributed by atoms with E-state index in [-0.39, 0.29) is 24.3 Å². The Morgan fingerprint density at radius 2 is 1.77 bits per heavy atom. The first-order chi connectivity index (χ1) is 14.5. The second-order valence-electron chi connectivity index (χ2n) is 6.84. The van der Waals surface area contributed by atoms with Crippen molar-refractivity contribution in [2.45, 2.75) is 19.9 Å². The van der Waals surface area contributed by atoms with Crippen LogP contribution >= 0.6 is 0 Å². The van der Waals surface area contributed by atoms with Crippen molar-refractivity contribution in [2.24, 2.45) is 0 Å². The van der Waals surface area contributed by atoms with Gasteiger partial charge in [0.25, 0.3) is 11.8 Å². The number of hydrogen-bond acceptors (Lipinski definition) is 4. The second kappa shape index (κ2) is 10.1. The molecule has 6 heteroatoms. The van der Waals surface area contributed by atoms with Crippen LogP contribution in [0.25, 0.3) is 6.08 Å². The predicted octanol–water partition coefficient (Wildman–Crippen LogP) is 3.94. The van der Waals surface area contributed by atoms with Crippen molar-refractivity contribution in [3.63, 3.8) is 0 Å². The van der Waals surface area contributed by atoms with Crippen molar-refractivity contribution in [1.82, 2.24) is 10.6 Å². The van der Waals surface area contributed by atoms with E-state index in [2.05, 4.69) is 10.6 Å². The minimum Gasteiger partial charge on any atom is -0.491 e. The fourth-order valence-electron chi connectivity index (χ4n) is 2.73. The Bertz CT molecular complexity index is 1010. The van der Waals surface area contributed by atoms with E-state index in [1.807, 2.05) is 44.2 Å². The van der Waals surface area contributed by atoms with Gasteiger partial charge < -0.3 is 19.8 Å². The minimum absolute atomic E-state index is 0.0848. The van der Waals surface area contributed by atoms with Crippen LogP contribution in [0.3, 0.4) is 0 Å². The first kappa shape index (κ1) is 20.9. The second-order valence-corrected chi connectivity index (χ2v) is 6.84. The van der Waals surface area contributed by atoms with Crippen molar-refractivity contribution >= 4 is 17.9 Å². The molecule has 154 valence electrons. The average Bonchev–Trinajstić information content (AvgIpc) is 3.26. The van der Waals surface area contributed by atoms with Crippen LogP contribution in [0.15, 0.2) is 83.1 Å². The van der Waals surface area contributed by atoms with Crippen LogP contribution in [0.4, 0.5) is 0 Å². The zero-order chi connectivity index (χ0) is 21.3. The number of benzene rings is 2. The Hall–Kier alpha value is -3.80. The molecule has 1 aromatic heterocycles. The summed E-state index contributed by atoms with van der Waals surface area (Å²) in [5.74, 6) is 0.406. The normalized spacial score (nSPS) is 12.1. The minimum atomic E-state index is -0.434. The van der Waals surface area contributed by atoms with E-state index in [1.54, 1.807) is 36.4 Å². The van der Waals surface area contributed by atoms with E-state index in [1.165, 1.54) is 12.3 Å². The number of amides is 2. The number of hydrogen-bond donors (Lipinski definition) is 2. The number of nitrogens with one attached hydrogen (secondary N) is 2. The van der Waals surface area contributed by atoms with Gasteiger partial charge in [-0.2, -0.15) is 0 Å². The molecule has 0 spiro atoms. The highest BCUT2D eigenvalue weighted by atomic mass is 16.5. The van der Waals surface area contributed by atoms with Gasteiger partial charge in [0, 0.05) is 11.6 Å². The quantitative estimate of drug-likeness (QED) is 0.557. The Kier molecular flexibility index (Phi) is 7.05. The molecule has 0 aliphatic carbocycles. The largest absolute Gasteiger partial charge is 0.491 e. The third-order valence-electron chi connectivity index (χ3n) is 4.32. The molecule has 6 nitrogen and oxygen atoms in total. The van der Waals surface area contributed by atoms with Crippen LogP contribution in [0.2, 0.25) is 0 Å². The van der Waals surface area contributed by atoms with Gasteiger partial charge in [-0.1, -0.05) is 36.4 Å². The van der Waals surface area contributed by atoms with E-state index in [9.17, 15) is 9.59 Å². The molecule has 2 amide bonds. The summed E-state index contributed by atoms with van der Waals surface area (Å²) in [6, 6.07) is 19.5. The van der Waals surface area contributed by atoms with Gasteiger partial charge in [-0.3, -0.25) is 9.59 Å². The molecular formula is C24H24N2O4. The molecule has 0 saturated heterocycles. The van der Waals surface area contributed by atoms with E-state index in [0.717, 1.165) is 11.3 Å². The van der Waals surface area contributed by atoms with Gasteiger partial charge in [-0.25, -0.2) is 0 Å². The van der Waals surface area contributed by atoms with Crippen molar-refractivity contribution in [3.05, 3.63) is 95.6 Å². The highest BCUT2D eigenvalue weighted by molar-refractivity contribution is 6.05. The predicted molar refractivity (Wildman–Crippen MR) is 115 cm³/mol. The summed E-state index contributed by atoms with van der Waals surface area (Å²) in [7, 11) is 0. The van der Waals surface area contributed by atoms with E-state index in [4.69, 9.17) is 9.15 Å². The lowest BCUT2D eigenvalue weighted by Crippen LogP contribution is -2.41. The summed E-state index contributed by atoms with van der Waals surface area (Å²) in [6.45, 7) is 4.08. The first-order valence-corrected chi connectivity index (χ1v) is 9.64. The lowest BCUT2D eigenvalue weighted by molar-refractivity contribution is -0.118. The molecule has 0 aliphatic rings. The Morgan fingerprint density at radius 1 is 1.03 bits per heavy atom. The maximum atomic E-state index is 12.8. The van der Waals surface area contributed by atoms with E-state index in [0.29, 0.717) is 11.3 Å². The molecular weight excluding hydrogens is 380 g/mol. The maximum absolute atomic E-state index is 12.8. The third-order valence-corrected chi connectivity index (χ3v) is 4.32. The molecule has 2 aromatic carbocycles. The lowest BCUT2D eigenvalue weighted by Gasteiger charge is -2.17. The maximum Gasteiger partial charge on any atom is 0.268 e. The zero-order valence-corrected chi connectivity index (χ0v) is 16.9. The molecule has 3 rings (SSSR count). The highest BCUT2D eigenvalue weighted by Crippen LogP contribution is 2.16. The summed E-state index contributed by atoms with van der Waals surface area (Å²) < 4.78 is 11.1. The van der Waals surface area contributed by atoms with E-state index < -0.39 is 5.91 Å². The number of ether oxygens (including phenoxy) is 1. The van der Waals surface area contributed by atoms with E-state index >= 15 is 0 Å². The molecule has 0 saturated carbocycles. The smallest absolute Gasteiger partial charge is 0.268 e. The summed E-state index contributed by atoms with van der Waals surface area (Å²) >= 11 is 0. The SMILES string of the molecule is Cc1ccccc1OC[C@@H](C)NC(=O)/C(=C/c1ccco1)NC(=O)c1ccccc1. The molecule has 1 atom stereocenters. The van der Waals surface area contributed by atoms with Crippen LogP contribution in [0.1, 0.15) is 28.6 Å². The monoisotopic (exact) mass is 404 g/mol. The highest BCUT2D eigenvalue weighted by Gasteiger charge is 2.17. The molecule has 0 aliphatic heterocycles. The number of furan rings is 1.